The molecule has 14 atom stereocenters. The van der Waals surface area contributed by atoms with Crippen LogP contribution in [0.4, 0.5) is 10.7 Å². The van der Waals surface area contributed by atoms with E-state index in [4.69, 9.17) is 33.7 Å². The molecule has 0 spiro atoms. The van der Waals surface area contributed by atoms with Gasteiger partial charge in [0.15, 0.2) is 17.4 Å². The maximum absolute atomic E-state index is 13.0. The summed E-state index contributed by atoms with van der Waals surface area (Å²) in [4.78, 5) is 46.1. The number of nitrogens with one attached hydrogen (secondary N) is 2. The van der Waals surface area contributed by atoms with Gasteiger partial charge >= 0.3 is 13.9 Å². The van der Waals surface area contributed by atoms with Crippen molar-refractivity contribution in [2.45, 2.75) is 200 Å². The average molecular weight is 1040 g/mol. The van der Waals surface area contributed by atoms with E-state index < -0.39 is 68.4 Å². The number of carbonyl (C=O) groups is 1. The number of phosphoric acid groups is 1. The Bertz CT molecular complexity index is 2290. The smallest absolute Gasteiger partial charge is 0.446 e. The second-order valence-corrected chi connectivity index (χ2v) is 25.4. The number of rotatable bonds is 24. The SMILES string of the molecule is CC(C)CCC[C@@H](C)C1CCC2C3CC=C4C[C@@H](OC(=O)NCCCC(C)(C)OCCC(C)(C)OCC(CO)OP(=O)(O)OCC5OC(n6cnc7c(=O)[nH]c(N)nc76)C(O)C5O)CC[C@]4(C)C3CC[C@@]21C. The van der Waals surface area contributed by atoms with Crippen molar-refractivity contribution in [1.29, 1.82) is 0 Å². The summed E-state index contributed by atoms with van der Waals surface area (Å²) < 4.78 is 48.4. The van der Waals surface area contributed by atoms with Crippen LogP contribution in [-0.2, 0) is 32.6 Å². The Labute approximate surface area is 425 Å². The summed E-state index contributed by atoms with van der Waals surface area (Å²) in [5.41, 5.74) is 5.88. The summed E-state index contributed by atoms with van der Waals surface area (Å²) in [5.74, 6) is 4.56. The minimum atomic E-state index is -4.84. The number of allylic oxidation sites excluding steroid dienone is 1. The molecule has 1 amide bonds. The number of alkyl carbamates (subject to hydrolysis) is 1. The third-order valence-corrected chi connectivity index (χ3v) is 18.6. The van der Waals surface area contributed by atoms with Gasteiger partial charge < -0.3 is 50.2 Å². The fraction of sp³-hybridized carbons (Fsp3) is 0.846. The van der Waals surface area contributed by atoms with E-state index in [1.165, 1.54) is 67.8 Å². The van der Waals surface area contributed by atoms with E-state index in [0.717, 1.165) is 54.8 Å². The van der Waals surface area contributed by atoms with Crippen molar-refractivity contribution in [2.75, 3.05) is 38.7 Å². The number of nitrogens with zero attached hydrogens (tertiary/aromatic N) is 3. The Morgan fingerprint density at radius 2 is 1.78 bits per heavy atom. The average Bonchev–Trinajstić information content (AvgIpc) is 3.98. The molecule has 408 valence electrons. The maximum atomic E-state index is 13.0. The minimum Gasteiger partial charge on any atom is -0.446 e. The molecule has 20 heteroatoms. The summed E-state index contributed by atoms with van der Waals surface area (Å²) in [5, 5.41) is 34.3. The molecule has 1 saturated heterocycles. The lowest BCUT2D eigenvalue weighted by atomic mass is 9.47. The number of hydrogen-bond donors (Lipinski definition) is 7. The number of aliphatic hydroxyl groups excluding tert-OH is 3. The van der Waals surface area contributed by atoms with Crippen LogP contribution in [0.2, 0.25) is 0 Å². The van der Waals surface area contributed by atoms with Gasteiger partial charge in [-0.15, -0.1) is 0 Å². The molecule has 72 heavy (non-hydrogen) atoms. The molecule has 7 rings (SSSR count). The quantitative estimate of drug-likeness (QED) is 0.0301. The van der Waals surface area contributed by atoms with Gasteiger partial charge in [0.2, 0.25) is 5.95 Å². The molecule has 10 unspecified atom stereocenters. The zero-order valence-electron chi connectivity index (χ0n) is 44.3. The number of aliphatic hydroxyl groups is 3. The molecule has 0 radical (unpaired) electrons. The topological polar surface area (TPSA) is 272 Å². The first-order valence-corrected chi connectivity index (χ1v) is 28.3. The number of carbonyl (C=O) groups excluding carboxylic acids is 1. The number of aromatic amines is 1. The second-order valence-electron chi connectivity index (χ2n) is 24.0. The third kappa shape index (κ3) is 13.2. The van der Waals surface area contributed by atoms with Crippen molar-refractivity contribution in [1.82, 2.24) is 24.8 Å². The van der Waals surface area contributed by atoms with Gasteiger partial charge in [-0.3, -0.25) is 23.4 Å². The molecule has 4 fully saturated rings. The number of fused-ring (bicyclic) bond motifs is 6. The van der Waals surface area contributed by atoms with Gasteiger partial charge in [-0.2, -0.15) is 4.98 Å². The molecule has 2 aromatic heterocycles. The molecule has 3 heterocycles. The van der Waals surface area contributed by atoms with Crippen molar-refractivity contribution in [3.63, 3.8) is 0 Å². The molecule has 2 aromatic rings. The molecule has 3 saturated carbocycles. The highest BCUT2D eigenvalue weighted by Gasteiger charge is 2.59. The van der Waals surface area contributed by atoms with Crippen molar-refractivity contribution in [3.8, 4) is 0 Å². The van der Waals surface area contributed by atoms with Crippen LogP contribution >= 0.6 is 7.82 Å². The van der Waals surface area contributed by atoms with Gasteiger partial charge in [-0.1, -0.05) is 65.5 Å². The lowest BCUT2D eigenvalue weighted by Gasteiger charge is -2.58. The minimum absolute atomic E-state index is 0.00558. The van der Waals surface area contributed by atoms with Crippen molar-refractivity contribution in [3.05, 3.63) is 28.3 Å². The highest BCUT2D eigenvalue weighted by molar-refractivity contribution is 7.47. The monoisotopic (exact) mass is 1030 g/mol. The number of H-pyrrole nitrogens is 1. The summed E-state index contributed by atoms with van der Waals surface area (Å²) in [7, 11) is -4.84. The number of anilines is 1. The normalized spacial score (nSPS) is 32.4. The van der Waals surface area contributed by atoms with Crippen LogP contribution in [0, 0.1) is 46.3 Å². The van der Waals surface area contributed by atoms with Crippen LogP contribution in [0.3, 0.4) is 0 Å². The van der Waals surface area contributed by atoms with Crippen LogP contribution < -0.4 is 16.6 Å². The molecular formula is C52H87N6O13P. The standard InChI is InChI=1S/C52H87N6O13P/c1-31(2)12-10-13-32(3)37-16-17-38-36-15-14-33-26-34(18-21-51(33,8)39(36)19-22-52(37,38)9)69-48(63)54-24-11-20-49(4,5)66-25-23-50(6,7)67-28-35(27-59)71-72(64,65)68-29-40-42(60)43(61)46(70-40)58-30-55-41-44(58)56-47(53)57-45(41)62/h14,30-32,34-40,42-43,46,59-61H,10-13,15-29H2,1-9H3,(H,54,63)(H,64,65)(H3,53,56,57,62)/t32-,34+,35?,36?,37?,38?,39?,40?,42?,43?,46?,51+,52-/m1/s1. The Kier molecular flexibility index (Phi) is 18.2. The number of imidazole rings is 1. The number of aromatic nitrogens is 4. The first-order valence-electron chi connectivity index (χ1n) is 26.8. The summed E-state index contributed by atoms with van der Waals surface area (Å²) in [6.45, 7) is 19.2. The molecule has 0 bridgehead atoms. The molecule has 1 aliphatic heterocycles. The van der Waals surface area contributed by atoms with E-state index in [9.17, 15) is 34.4 Å². The third-order valence-electron chi connectivity index (χ3n) is 17.6. The molecule has 4 aliphatic carbocycles. The highest BCUT2D eigenvalue weighted by atomic mass is 31.2. The fourth-order valence-electron chi connectivity index (χ4n) is 13.4. The zero-order valence-corrected chi connectivity index (χ0v) is 45.2. The van der Waals surface area contributed by atoms with E-state index >= 15 is 0 Å². The largest absolute Gasteiger partial charge is 0.472 e. The van der Waals surface area contributed by atoms with E-state index in [1.54, 1.807) is 0 Å². The number of nitrogens with two attached hydrogens (primary N) is 1. The van der Waals surface area contributed by atoms with E-state index in [1.807, 2.05) is 27.7 Å². The Morgan fingerprint density at radius 3 is 2.51 bits per heavy atom. The Balaban J connectivity index is 0.774. The fourth-order valence-corrected chi connectivity index (χ4v) is 14.3. The predicted octanol–water partition coefficient (Wildman–Crippen LogP) is 7.71. The molecular weight excluding hydrogens is 948 g/mol. The number of ether oxygens (including phenoxy) is 4. The maximum Gasteiger partial charge on any atom is 0.472 e. The number of amides is 1. The molecule has 5 aliphatic rings. The number of hydrogen-bond acceptors (Lipinski definition) is 15. The van der Waals surface area contributed by atoms with Gasteiger partial charge in [0.05, 0.1) is 44.0 Å². The van der Waals surface area contributed by atoms with Crippen molar-refractivity contribution < 1.29 is 57.6 Å². The van der Waals surface area contributed by atoms with Gasteiger partial charge in [0.25, 0.3) is 5.56 Å². The summed E-state index contributed by atoms with van der Waals surface area (Å²) in [6.07, 6.45) is 11.7. The van der Waals surface area contributed by atoms with Crippen LogP contribution in [0.5, 0.6) is 0 Å². The van der Waals surface area contributed by atoms with Gasteiger partial charge in [0, 0.05) is 13.0 Å². The van der Waals surface area contributed by atoms with E-state index in [2.05, 4.69) is 61.0 Å². The molecule has 0 aromatic carbocycles. The highest BCUT2D eigenvalue weighted by Crippen LogP contribution is 2.67. The zero-order chi connectivity index (χ0) is 52.4. The first kappa shape index (κ1) is 56.8. The van der Waals surface area contributed by atoms with E-state index in [-0.39, 0.29) is 41.3 Å². The van der Waals surface area contributed by atoms with Crippen LogP contribution in [0.25, 0.3) is 11.2 Å². The lowest BCUT2D eigenvalue weighted by Crippen LogP contribution is -2.51. The predicted molar refractivity (Wildman–Crippen MR) is 271 cm³/mol. The van der Waals surface area contributed by atoms with Crippen LogP contribution in [0.15, 0.2) is 22.8 Å². The summed E-state index contributed by atoms with van der Waals surface area (Å²) in [6, 6.07) is 0. The second kappa shape index (κ2) is 23.1. The van der Waals surface area contributed by atoms with E-state index in [0.29, 0.717) is 37.8 Å². The van der Waals surface area contributed by atoms with Gasteiger partial charge in [-0.05, 0) is 138 Å². The van der Waals surface area contributed by atoms with Crippen LogP contribution in [-0.4, -0.2) is 121 Å². The lowest BCUT2D eigenvalue weighted by molar-refractivity contribution is -0.0990. The van der Waals surface area contributed by atoms with Gasteiger partial charge in [-0.25, -0.2) is 14.3 Å². The van der Waals surface area contributed by atoms with Crippen molar-refractivity contribution >= 4 is 31.0 Å². The molecule has 8 N–H and O–H groups in total. The number of nitrogen functional groups attached to an aromatic ring is 1. The number of phosphoric ester groups is 1. The molecule has 19 nitrogen and oxygen atoms in total. The summed E-state index contributed by atoms with van der Waals surface area (Å²) >= 11 is 0. The Hall–Kier alpha value is -2.97. The first-order chi connectivity index (χ1) is 33.8. The van der Waals surface area contributed by atoms with Crippen molar-refractivity contribution in [2.24, 2.45) is 46.3 Å². The van der Waals surface area contributed by atoms with Crippen LogP contribution in [0.1, 0.15) is 158 Å². The van der Waals surface area contributed by atoms with Gasteiger partial charge in [0.1, 0.15) is 30.5 Å². The Morgan fingerprint density at radius 1 is 1.03 bits per heavy atom.